The van der Waals surface area contributed by atoms with Gasteiger partial charge in [0.25, 0.3) is 0 Å². The number of ether oxygens (including phenoxy) is 2. The number of piperazine rings is 1. The average molecular weight is 661 g/mol. The molecule has 254 valence electrons. The molecule has 0 saturated carbocycles. The van der Waals surface area contributed by atoms with Gasteiger partial charge in [-0.05, 0) is 48.9 Å². The molecule has 2 fully saturated rings. The van der Waals surface area contributed by atoms with Crippen molar-refractivity contribution in [2.75, 3.05) is 44.2 Å². The zero-order chi connectivity index (χ0) is 33.7. The maximum Gasteiger partial charge on any atom is 0.407 e. The summed E-state index contributed by atoms with van der Waals surface area (Å²) in [5, 5.41) is 15.4. The van der Waals surface area contributed by atoms with Crippen LogP contribution in [0.4, 0.5) is 10.5 Å². The van der Waals surface area contributed by atoms with Gasteiger partial charge in [0.2, 0.25) is 11.8 Å². The summed E-state index contributed by atoms with van der Waals surface area (Å²) in [6.07, 6.45) is 1.05. The summed E-state index contributed by atoms with van der Waals surface area (Å²) in [4.78, 5) is 22.8. The first-order valence-electron chi connectivity index (χ1n) is 17.2. The van der Waals surface area contributed by atoms with Crippen molar-refractivity contribution in [2.24, 2.45) is 13.0 Å². The maximum atomic E-state index is 11.4. The smallest absolute Gasteiger partial charge is 0.407 e. The van der Waals surface area contributed by atoms with Crippen LogP contribution in [0.3, 0.4) is 0 Å². The SMILES string of the molecule is CC(C1CCN(C(=O)O)CC1)N1CCN(c2cccc3c(-c4ccc(OCc5ccccc5)nc4OCc4ccccc4)nn(C)c23)CC1. The molecule has 0 radical (unpaired) electrons. The Labute approximate surface area is 287 Å². The van der Waals surface area contributed by atoms with Crippen LogP contribution in [-0.2, 0) is 20.3 Å². The van der Waals surface area contributed by atoms with Crippen molar-refractivity contribution in [3.05, 3.63) is 102 Å². The lowest BCUT2D eigenvalue weighted by Gasteiger charge is -2.43. The van der Waals surface area contributed by atoms with Gasteiger partial charge < -0.3 is 24.4 Å². The van der Waals surface area contributed by atoms with E-state index in [2.05, 4.69) is 34.9 Å². The van der Waals surface area contributed by atoms with E-state index in [9.17, 15) is 9.90 Å². The second kappa shape index (κ2) is 14.6. The van der Waals surface area contributed by atoms with Gasteiger partial charge in [0.1, 0.15) is 18.9 Å². The molecule has 4 heterocycles. The average Bonchev–Trinajstić information content (AvgIpc) is 3.49. The highest BCUT2D eigenvalue weighted by atomic mass is 16.5. The van der Waals surface area contributed by atoms with Crippen LogP contribution in [0.1, 0.15) is 30.9 Å². The summed E-state index contributed by atoms with van der Waals surface area (Å²) < 4.78 is 14.5. The van der Waals surface area contributed by atoms with E-state index in [1.165, 1.54) is 5.69 Å². The molecule has 10 heteroatoms. The third kappa shape index (κ3) is 7.19. The van der Waals surface area contributed by atoms with Gasteiger partial charge in [-0.3, -0.25) is 9.58 Å². The fourth-order valence-corrected chi connectivity index (χ4v) is 7.26. The Morgan fingerprint density at radius 2 is 1.47 bits per heavy atom. The number of aromatic nitrogens is 3. The number of nitrogens with zero attached hydrogens (tertiary/aromatic N) is 6. The van der Waals surface area contributed by atoms with Crippen LogP contribution in [0.15, 0.2) is 91.0 Å². The number of pyridine rings is 1. The molecule has 0 aliphatic carbocycles. The van der Waals surface area contributed by atoms with Crippen LogP contribution >= 0.6 is 0 Å². The third-order valence-electron chi connectivity index (χ3n) is 10.1. The molecule has 2 aliphatic rings. The maximum absolute atomic E-state index is 11.4. The summed E-state index contributed by atoms with van der Waals surface area (Å²) in [5.74, 6) is 1.50. The molecule has 5 aromatic rings. The summed E-state index contributed by atoms with van der Waals surface area (Å²) >= 11 is 0. The minimum absolute atomic E-state index is 0.375. The third-order valence-corrected chi connectivity index (χ3v) is 10.1. The van der Waals surface area contributed by atoms with Crippen molar-refractivity contribution in [2.45, 2.75) is 39.0 Å². The van der Waals surface area contributed by atoms with E-state index in [-0.39, 0.29) is 0 Å². The number of amides is 1. The molecule has 2 aliphatic heterocycles. The van der Waals surface area contributed by atoms with E-state index in [0.29, 0.717) is 50.0 Å². The number of anilines is 1. The fraction of sp³-hybridized carbons (Fsp3) is 0.359. The molecule has 49 heavy (non-hydrogen) atoms. The van der Waals surface area contributed by atoms with Crippen molar-refractivity contribution in [1.82, 2.24) is 24.6 Å². The normalized spacial score (nSPS) is 16.5. The minimum Gasteiger partial charge on any atom is -0.473 e. The van der Waals surface area contributed by atoms with E-state index >= 15 is 0 Å². The van der Waals surface area contributed by atoms with E-state index in [1.54, 1.807) is 4.90 Å². The van der Waals surface area contributed by atoms with Gasteiger partial charge >= 0.3 is 6.09 Å². The molecule has 1 amide bonds. The Kier molecular flexibility index (Phi) is 9.65. The molecule has 1 N–H and O–H groups in total. The van der Waals surface area contributed by atoms with Gasteiger partial charge in [-0.25, -0.2) is 4.79 Å². The number of carboxylic acid groups (broad SMARTS) is 1. The first-order valence-corrected chi connectivity index (χ1v) is 17.2. The number of rotatable bonds is 10. The monoisotopic (exact) mass is 660 g/mol. The standard InChI is InChI=1S/C39H44N6O4/c1-28(31-18-20-45(21-19-31)39(46)47)43-22-24-44(25-23-43)34-15-9-14-32-36(41-42(2)37(32)34)33-16-17-35(48-26-29-10-5-3-6-11-29)40-38(33)49-27-30-12-7-4-8-13-30/h3-17,28,31H,18-27H2,1-2H3,(H,46,47). The van der Waals surface area contributed by atoms with Crippen molar-refractivity contribution >= 4 is 22.7 Å². The van der Waals surface area contributed by atoms with Crippen LogP contribution in [-0.4, -0.2) is 81.1 Å². The Bertz CT molecular complexity index is 1870. The quantitative estimate of drug-likeness (QED) is 0.177. The second-order valence-corrected chi connectivity index (χ2v) is 13.1. The molecular formula is C39H44N6O4. The van der Waals surface area contributed by atoms with Gasteiger partial charge in [0, 0.05) is 63.8 Å². The molecule has 10 nitrogen and oxygen atoms in total. The molecule has 2 saturated heterocycles. The number of aryl methyl sites for hydroxylation is 1. The van der Waals surface area contributed by atoms with Gasteiger partial charge in [0.05, 0.1) is 16.8 Å². The van der Waals surface area contributed by atoms with Gasteiger partial charge in [-0.15, -0.1) is 0 Å². The molecule has 0 bridgehead atoms. The number of carbonyl (C=O) groups is 1. The number of para-hydroxylation sites is 1. The number of piperidine rings is 1. The molecule has 3 aromatic carbocycles. The lowest BCUT2D eigenvalue weighted by atomic mass is 9.89. The minimum atomic E-state index is -0.802. The van der Waals surface area contributed by atoms with Gasteiger partial charge in [0.15, 0.2) is 0 Å². The van der Waals surface area contributed by atoms with Crippen molar-refractivity contribution in [1.29, 1.82) is 0 Å². The first kappa shape index (κ1) is 32.5. The van der Waals surface area contributed by atoms with E-state index < -0.39 is 6.09 Å². The number of fused-ring (bicyclic) bond motifs is 1. The van der Waals surface area contributed by atoms with Crippen molar-refractivity contribution in [3.8, 4) is 23.0 Å². The van der Waals surface area contributed by atoms with Crippen molar-refractivity contribution in [3.63, 3.8) is 0 Å². The van der Waals surface area contributed by atoms with Crippen LogP contribution in [0.2, 0.25) is 0 Å². The molecule has 1 atom stereocenters. The highest BCUT2D eigenvalue weighted by Gasteiger charge is 2.31. The molecule has 0 spiro atoms. The van der Waals surface area contributed by atoms with Gasteiger partial charge in [-0.1, -0.05) is 72.8 Å². The van der Waals surface area contributed by atoms with E-state index in [0.717, 1.165) is 72.3 Å². The number of likely N-dealkylation sites (tertiary alicyclic amines) is 1. The highest BCUT2D eigenvalue weighted by molar-refractivity contribution is 6.01. The van der Waals surface area contributed by atoms with E-state index in [4.69, 9.17) is 19.6 Å². The predicted molar refractivity (Wildman–Crippen MR) is 191 cm³/mol. The first-order chi connectivity index (χ1) is 23.9. The molecule has 2 aromatic heterocycles. The molecule has 7 rings (SSSR count). The van der Waals surface area contributed by atoms with Gasteiger partial charge in [-0.2, -0.15) is 10.1 Å². The lowest BCUT2D eigenvalue weighted by Crippen LogP contribution is -2.53. The topological polar surface area (TPSA) is 96.2 Å². The largest absolute Gasteiger partial charge is 0.473 e. The summed E-state index contributed by atoms with van der Waals surface area (Å²) in [5.41, 5.74) is 6.02. The highest BCUT2D eigenvalue weighted by Crippen LogP contribution is 2.38. The zero-order valence-electron chi connectivity index (χ0n) is 28.2. The Morgan fingerprint density at radius 1 is 0.816 bits per heavy atom. The van der Waals surface area contributed by atoms with Crippen LogP contribution in [0, 0.1) is 5.92 Å². The Morgan fingerprint density at radius 3 is 2.12 bits per heavy atom. The zero-order valence-corrected chi connectivity index (χ0v) is 28.2. The Balaban J connectivity index is 1.11. The number of benzene rings is 3. The molecule has 1 unspecified atom stereocenters. The number of hydrogen-bond acceptors (Lipinski definition) is 7. The Hall–Kier alpha value is -5.09. The predicted octanol–water partition coefficient (Wildman–Crippen LogP) is 6.69. The summed E-state index contributed by atoms with van der Waals surface area (Å²) in [6, 6.07) is 30.9. The van der Waals surface area contributed by atoms with E-state index in [1.807, 2.05) is 84.5 Å². The van der Waals surface area contributed by atoms with Crippen molar-refractivity contribution < 1.29 is 19.4 Å². The molecular weight excluding hydrogens is 616 g/mol. The lowest BCUT2D eigenvalue weighted by molar-refractivity contribution is 0.0848. The number of hydrogen-bond donors (Lipinski definition) is 1. The second-order valence-electron chi connectivity index (χ2n) is 13.1. The fourth-order valence-electron chi connectivity index (χ4n) is 7.26. The van der Waals surface area contributed by atoms with Crippen LogP contribution < -0.4 is 14.4 Å². The summed E-state index contributed by atoms with van der Waals surface area (Å²) in [7, 11) is 2.01. The van der Waals surface area contributed by atoms with Crippen LogP contribution in [0.5, 0.6) is 11.8 Å². The summed E-state index contributed by atoms with van der Waals surface area (Å²) in [6.45, 7) is 8.13. The van der Waals surface area contributed by atoms with Crippen LogP contribution in [0.25, 0.3) is 22.2 Å².